The first-order valence-corrected chi connectivity index (χ1v) is 8.23. The summed E-state index contributed by atoms with van der Waals surface area (Å²) in [4.78, 5) is 14.2. The van der Waals surface area contributed by atoms with Crippen LogP contribution in [-0.2, 0) is 17.5 Å². The van der Waals surface area contributed by atoms with Crippen molar-refractivity contribution >= 4 is 11.6 Å². The molecule has 2 aromatic rings. The number of nitrogens with zero attached hydrogens (tertiary/aromatic N) is 1. The van der Waals surface area contributed by atoms with Crippen LogP contribution < -0.4 is 5.32 Å². The molecule has 1 aliphatic heterocycles. The second-order valence-electron chi connectivity index (χ2n) is 6.35. The standard InChI is InChI=1S/C20H19F3N2O/c1-13-14(2)19(26)25(12-15-7-4-3-5-8-15)18(13)24-17-10-6-9-16(11-17)20(21,22)23/h3-11,18,24H,12H2,1-2H3/t18-/m0/s1. The van der Waals surface area contributed by atoms with E-state index in [2.05, 4.69) is 5.32 Å². The largest absolute Gasteiger partial charge is 0.416 e. The molecule has 0 fully saturated rings. The quantitative estimate of drug-likeness (QED) is 0.848. The molecule has 0 saturated heterocycles. The molecule has 0 unspecified atom stereocenters. The minimum atomic E-state index is -4.41. The van der Waals surface area contributed by atoms with E-state index in [0.717, 1.165) is 23.3 Å². The van der Waals surface area contributed by atoms with E-state index < -0.39 is 17.9 Å². The third-order valence-electron chi connectivity index (χ3n) is 4.58. The van der Waals surface area contributed by atoms with Crippen molar-refractivity contribution in [2.45, 2.75) is 32.7 Å². The summed E-state index contributed by atoms with van der Waals surface area (Å²) in [5.74, 6) is -0.115. The Hall–Kier alpha value is -2.76. The molecule has 136 valence electrons. The summed E-state index contributed by atoms with van der Waals surface area (Å²) in [7, 11) is 0. The molecule has 1 N–H and O–H groups in total. The first kappa shape index (κ1) is 18.0. The molecule has 6 heteroatoms. The number of carbonyl (C=O) groups excluding carboxylic acids is 1. The highest BCUT2D eigenvalue weighted by atomic mass is 19.4. The van der Waals surface area contributed by atoms with Crippen molar-refractivity contribution in [1.82, 2.24) is 4.90 Å². The van der Waals surface area contributed by atoms with Crippen molar-refractivity contribution in [3.8, 4) is 0 Å². The Balaban J connectivity index is 1.87. The van der Waals surface area contributed by atoms with Gasteiger partial charge in [-0.05, 0) is 43.2 Å². The van der Waals surface area contributed by atoms with Gasteiger partial charge >= 0.3 is 6.18 Å². The molecule has 1 aliphatic rings. The third-order valence-corrected chi connectivity index (χ3v) is 4.58. The highest BCUT2D eigenvalue weighted by Gasteiger charge is 2.35. The normalized spacial score (nSPS) is 17.8. The van der Waals surface area contributed by atoms with Gasteiger partial charge in [0.25, 0.3) is 5.91 Å². The molecule has 1 atom stereocenters. The van der Waals surface area contributed by atoms with Crippen LogP contribution in [0.5, 0.6) is 0 Å². The fourth-order valence-electron chi connectivity index (χ4n) is 3.01. The molecule has 0 bridgehead atoms. The van der Waals surface area contributed by atoms with Crippen molar-refractivity contribution in [3.05, 3.63) is 76.9 Å². The van der Waals surface area contributed by atoms with Crippen LogP contribution in [0.1, 0.15) is 25.0 Å². The molecule has 0 saturated carbocycles. The van der Waals surface area contributed by atoms with Crippen molar-refractivity contribution in [2.75, 3.05) is 5.32 Å². The average molecular weight is 360 g/mol. The van der Waals surface area contributed by atoms with Crippen LogP contribution >= 0.6 is 0 Å². The Labute approximate surface area is 150 Å². The van der Waals surface area contributed by atoms with Gasteiger partial charge in [-0.25, -0.2) is 0 Å². The molecular formula is C20H19F3N2O. The van der Waals surface area contributed by atoms with E-state index in [-0.39, 0.29) is 5.91 Å². The number of rotatable bonds is 4. The highest BCUT2D eigenvalue weighted by molar-refractivity contribution is 5.97. The zero-order valence-corrected chi connectivity index (χ0v) is 14.5. The molecule has 1 amide bonds. The summed E-state index contributed by atoms with van der Waals surface area (Å²) in [6, 6.07) is 14.5. The van der Waals surface area contributed by atoms with Crippen molar-refractivity contribution in [2.24, 2.45) is 0 Å². The average Bonchev–Trinajstić information content (AvgIpc) is 2.80. The minimum Gasteiger partial charge on any atom is -0.362 e. The lowest BCUT2D eigenvalue weighted by molar-refractivity contribution is -0.137. The van der Waals surface area contributed by atoms with E-state index in [1.54, 1.807) is 17.9 Å². The number of benzene rings is 2. The van der Waals surface area contributed by atoms with Crippen LogP contribution in [0.15, 0.2) is 65.7 Å². The number of alkyl halides is 3. The predicted molar refractivity (Wildman–Crippen MR) is 94.2 cm³/mol. The van der Waals surface area contributed by atoms with Gasteiger partial charge < -0.3 is 10.2 Å². The zero-order valence-electron chi connectivity index (χ0n) is 14.5. The van der Waals surface area contributed by atoms with E-state index in [0.29, 0.717) is 17.8 Å². The minimum absolute atomic E-state index is 0.115. The molecule has 3 nitrogen and oxygen atoms in total. The topological polar surface area (TPSA) is 32.3 Å². The number of hydrogen-bond acceptors (Lipinski definition) is 2. The van der Waals surface area contributed by atoms with Gasteiger partial charge in [-0.3, -0.25) is 4.79 Å². The van der Waals surface area contributed by atoms with Gasteiger partial charge in [0.05, 0.1) is 5.56 Å². The Morgan fingerprint density at radius 1 is 1.04 bits per heavy atom. The second kappa shape index (κ2) is 6.86. The van der Waals surface area contributed by atoms with Crippen LogP contribution in [-0.4, -0.2) is 17.0 Å². The lowest BCUT2D eigenvalue weighted by Crippen LogP contribution is -2.40. The third kappa shape index (κ3) is 3.59. The second-order valence-corrected chi connectivity index (χ2v) is 6.35. The molecular weight excluding hydrogens is 341 g/mol. The first-order valence-electron chi connectivity index (χ1n) is 8.23. The summed E-state index contributed by atoms with van der Waals surface area (Å²) in [6.07, 6.45) is -4.89. The van der Waals surface area contributed by atoms with Crippen LogP contribution in [0.4, 0.5) is 18.9 Å². The molecule has 3 rings (SSSR count). The predicted octanol–water partition coefficient (Wildman–Crippen LogP) is 4.82. The van der Waals surface area contributed by atoms with Crippen molar-refractivity contribution < 1.29 is 18.0 Å². The summed E-state index contributed by atoms with van der Waals surface area (Å²) >= 11 is 0. The maximum Gasteiger partial charge on any atom is 0.416 e. The summed E-state index contributed by atoms with van der Waals surface area (Å²) in [6.45, 7) is 3.94. The summed E-state index contributed by atoms with van der Waals surface area (Å²) < 4.78 is 38.8. The Bertz CT molecular complexity index is 844. The number of amides is 1. The molecule has 0 aromatic heterocycles. The SMILES string of the molecule is CC1=C(C)[C@@H](Nc2cccc(C(F)(F)F)c2)N(Cc2ccccc2)C1=O. The fraction of sp³-hybridized carbons (Fsp3) is 0.250. The van der Waals surface area contributed by atoms with Gasteiger partial charge in [0.15, 0.2) is 0 Å². The fourth-order valence-corrected chi connectivity index (χ4v) is 3.01. The number of hydrogen-bond donors (Lipinski definition) is 1. The maximum absolute atomic E-state index is 12.9. The van der Waals surface area contributed by atoms with E-state index in [9.17, 15) is 18.0 Å². The maximum atomic E-state index is 12.9. The van der Waals surface area contributed by atoms with Crippen LogP contribution in [0.3, 0.4) is 0 Å². The molecule has 26 heavy (non-hydrogen) atoms. The molecule has 0 radical (unpaired) electrons. The summed E-state index contributed by atoms with van der Waals surface area (Å²) in [5, 5.41) is 3.08. The highest BCUT2D eigenvalue weighted by Crippen LogP contribution is 2.33. The van der Waals surface area contributed by atoms with Gasteiger partial charge in [-0.15, -0.1) is 0 Å². The van der Waals surface area contributed by atoms with E-state index in [1.165, 1.54) is 6.07 Å². The van der Waals surface area contributed by atoms with E-state index >= 15 is 0 Å². The first-order chi connectivity index (χ1) is 12.3. The van der Waals surface area contributed by atoms with Crippen molar-refractivity contribution in [3.63, 3.8) is 0 Å². The molecule has 2 aromatic carbocycles. The Morgan fingerprint density at radius 2 is 1.73 bits per heavy atom. The van der Waals surface area contributed by atoms with Crippen molar-refractivity contribution in [1.29, 1.82) is 0 Å². The zero-order chi connectivity index (χ0) is 18.9. The monoisotopic (exact) mass is 360 g/mol. The number of carbonyl (C=O) groups is 1. The Morgan fingerprint density at radius 3 is 2.38 bits per heavy atom. The van der Waals surface area contributed by atoms with E-state index in [4.69, 9.17) is 0 Å². The summed E-state index contributed by atoms with van der Waals surface area (Å²) in [5.41, 5.74) is 1.98. The van der Waals surface area contributed by atoms with Gasteiger partial charge in [0.2, 0.25) is 0 Å². The lowest BCUT2D eigenvalue weighted by atomic mass is 10.1. The molecule has 1 heterocycles. The van der Waals surface area contributed by atoms with Crippen LogP contribution in [0.2, 0.25) is 0 Å². The van der Waals surface area contributed by atoms with Crippen LogP contribution in [0, 0.1) is 0 Å². The smallest absolute Gasteiger partial charge is 0.362 e. The number of halogens is 3. The van der Waals surface area contributed by atoms with Gasteiger partial charge in [0.1, 0.15) is 6.17 Å². The lowest BCUT2D eigenvalue weighted by Gasteiger charge is -2.28. The Kier molecular flexibility index (Phi) is 4.76. The van der Waals surface area contributed by atoms with Gasteiger partial charge in [0, 0.05) is 17.8 Å². The van der Waals surface area contributed by atoms with E-state index in [1.807, 2.05) is 37.3 Å². The van der Waals surface area contributed by atoms with Gasteiger partial charge in [-0.1, -0.05) is 36.4 Å². The molecule has 0 aliphatic carbocycles. The number of nitrogens with one attached hydrogen (secondary N) is 1. The number of anilines is 1. The van der Waals surface area contributed by atoms with Crippen LogP contribution in [0.25, 0.3) is 0 Å². The molecule has 0 spiro atoms. The van der Waals surface area contributed by atoms with Gasteiger partial charge in [-0.2, -0.15) is 13.2 Å².